The quantitative estimate of drug-likeness (QED) is 0.209. The van der Waals surface area contributed by atoms with Crippen LogP contribution >= 0.6 is 0 Å². The first kappa shape index (κ1) is 23.8. The second kappa shape index (κ2) is 10.8. The molecule has 186 valence electrons. The molecule has 5 rings (SSSR count). The number of para-hydroxylation sites is 2. The number of carbonyl (C=O) groups excluding carboxylic acids is 1. The monoisotopic (exact) mass is 495 g/mol. The lowest BCUT2D eigenvalue weighted by atomic mass is 10.1. The predicted octanol–water partition coefficient (Wildman–Crippen LogP) is 4.08. The van der Waals surface area contributed by atoms with Gasteiger partial charge in [-0.15, -0.1) is 0 Å². The Balaban J connectivity index is 1.37. The number of imidazole rings is 1. The highest BCUT2D eigenvalue weighted by atomic mass is 16.5. The van der Waals surface area contributed by atoms with Gasteiger partial charge in [0.25, 0.3) is 11.5 Å². The van der Waals surface area contributed by atoms with E-state index in [-0.39, 0.29) is 24.6 Å². The van der Waals surface area contributed by atoms with Crippen LogP contribution in [-0.4, -0.2) is 39.1 Å². The number of nitrogens with zero attached hydrogens (tertiary/aromatic N) is 1. The van der Waals surface area contributed by atoms with Crippen LogP contribution in [0.5, 0.6) is 5.75 Å². The van der Waals surface area contributed by atoms with Crippen molar-refractivity contribution < 1.29 is 14.6 Å². The highest BCUT2D eigenvalue weighted by Crippen LogP contribution is 2.28. The molecule has 0 saturated heterocycles. The summed E-state index contributed by atoms with van der Waals surface area (Å²) >= 11 is 0. The number of pyridine rings is 1. The Kier molecular flexibility index (Phi) is 6.95. The fraction of sp³-hybridized carbons (Fsp3) is 0.107. The molecule has 0 aliphatic carbocycles. The first-order chi connectivity index (χ1) is 18.1. The zero-order chi connectivity index (χ0) is 25.6. The van der Waals surface area contributed by atoms with Gasteiger partial charge in [-0.1, -0.05) is 54.6 Å². The van der Waals surface area contributed by atoms with Crippen molar-refractivity contribution in [2.75, 3.05) is 23.8 Å². The van der Waals surface area contributed by atoms with Gasteiger partial charge in [0.1, 0.15) is 17.1 Å². The number of amides is 1. The second-order valence-corrected chi connectivity index (χ2v) is 8.34. The molecule has 0 aliphatic heterocycles. The molecule has 9 nitrogen and oxygen atoms in total. The van der Waals surface area contributed by atoms with Crippen molar-refractivity contribution >= 4 is 28.3 Å². The first-order valence-corrected chi connectivity index (χ1v) is 11.7. The Bertz CT molecular complexity index is 1560. The predicted molar refractivity (Wildman–Crippen MR) is 143 cm³/mol. The maximum absolute atomic E-state index is 12.8. The molecule has 1 unspecified atom stereocenters. The summed E-state index contributed by atoms with van der Waals surface area (Å²) in [6, 6.07) is 25.4. The number of ether oxygens (including phenoxy) is 1. The smallest absolute Gasteiger partial charge is 0.262 e. The molecule has 1 atom stereocenters. The van der Waals surface area contributed by atoms with Crippen LogP contribution in [-0.2, 0) is 4.79 Å². The first-order valence-electron chi connectivity index (χ1n) is 11.7. The number of benzene rings is 3. The maximum atomic E-state index is 12.8. The molecule has 0 spiro atoms. The minimum Gasteiger partial charge on any atom is -0.484 e. The summed E-state index contributed by atoms with van der Waals surface area (Å²) in [5, 5.41) is 16.5. The third-order valence-electron chi connectivity index (χ3n) is 5.77. The van der Waals surface area contributed by atoms with Crippen molar-refractivity contribution in [3.05, 3.63) is 107 Å². The van der Waals surface area contributed by atoms with Gasteiger partial charge in [-0.25, -0.2) is 4.98 Å². The molecule has 0 saturated carbocycles. The summed E-state index contributed by atoms with van der Waals surface area (Å²) in [5.74, 6) is 0.596. The molecular formula is C28H25N5O4. The number of aliphatic hydroxyl groups excluding tert-OH is 1. The average Bonchev–Trinajstić information content (AvgIpc) is 3.36. The minimum atomic E-state index is -0.760. The van der Waals surface area contributed by atoms with Crippen LogP contribution in [0.15, 0.2) is 95.9 Å². The van der Waals surface area contributed by atoms with Crippen molar-refractivity contribution in [3.8, 4) is 17.1 Å². The third-order valence-corrected chi connectivity index (χ3v) is 5.77. The van der Waals surface area contributed by atoms with Crippen molar-refractivity contribution in [2.45, 2.75) is 6.10 Å². The van der Waals surface area contributed by atoms with Crippen LogP contribution in [0.1, 0.15) is 11.7 Å². The molecular weight excluding hydrogens is 470 g/mol. The summed E-state index contributed by atoms with van der Waals surface area (Å²) in [6.45, 7) is 0.0426. The zero-order valence-corrected chi connectivity index (χ0v) is 19.8. The molecule has 0 fully saturated rings. The molecule has 5 N–H and O–H groups in total. The van der Waals surface area contributed by atoms with E-state index in [1.807, 2.05) is 48.5 Å². The third kappa shape index (κ3) is 5.52. The second-order valence-electron chi connectivity index (χ2n) is 8.34. The van der Waals surface area contributed by atoms with Gasteiger partial charge in [-0.3, -0.25) is 9.59 Å². The van der Waals surface area contributed by atoms with Crippen LogP contribution in [0.25, 0.3) is 22.4 Å². The van der Waals surface area contributed by atoms with Gasteiger partial charge < -0.3 is 30.4 Å². The van der Waals surface area contributed by atoms with Crippen molar-refractivity contribution in [3.63, 3.8) is 0 Å². The lowest BCUT2D eigenvalue weighted by Crippen LogP contribution is -2.20. The maximum Gasteiger partial charge on any atom is 0.262 e. The minimum absolute atomic E-state index is 0.155. The Labute approximate surface area is 212 Å². The lowest BCUT2D eigenvalue weighted by Gasteiger charge is -2.14. The van der Waals surface area contributed by atoms with Crippen molar-refractivity contribution in [1.82, 2.24) is 15.0 Å². The molecule has 0 radical (unpaired) electrons. The summed E-state index contributed by atoms with van der Waals surface area (Å²) in [5.41, 5.74) is 2.89. The molecule has 3 aromatic carbocycles. The van der Waals surface area contributed by atoms with Gasteiger partial charge in [0.05, 0.1) is 28.5 Å². The van der Waals surface area contributed by atoms with E-state index in [2.05, 4.69) is 25.6 Å². The van der Waals surface area contributed by atoms with Gasteiger partial charge in [0, 0.05) is 12.7 Å². The largest absolute Gasteiger partial charge is 0.484 e. The Morgan fingerprint density at radius 1 is 0.946 bits per heavy atom. The molecule has 37 heavy (non-hydrogen) atoms. The number of aliphatic hydroxyl groups is 1. The Hall–Kier alpha value is -4.89. The highest BCUT2D eigenvalue weighted by Gasteiger charge is 2.17. The Morgan fingerprint density at radius 2 is 1.70 bits per heavy atom. The number of fused-ring (bicyclic) bond motifs is 1. The average molecular weight is 496 g/mol. The molecule has 9 heteroatoms. The molecule has 0 aliphatic rings. The number of aromatic amines is 2. The van der Waals surface area contributed by atoms with Gasteiger partial charge in [0.2, 0.25) is 0 Å². The number of rotatable bonds is 9. The zero-order valence-electron chi connectivity index (χ0n) is 19.8. The van der Waals surface area contributed by atoms with Gasteiger partial charge in [-0.2, -0.15) is 0 Å². The van der Waals surface area contributed by atoms with E-state index in [4.69, 9.17) is 4.74 Å². The van der Waals surface area contributed by atoms with Gasteiger partial charge in [-0.05, 0) is 35.9 Å². The number of aromatic nitrogens is 3. The molecule has 2 heterocycles. The fourth-order valence-electron chi connectivity index (χ4n) is 3.97. The number of hydrogen-bond donors (Lipinski definition) is 5. The van der Waals surface area contributed by atoms with Gasteiger partial charge in [0.15, 0.2) is 6.61 Å². The van der Waals surface area contributed by atoms with E-state index in [1.165, 1.54) is 6.20 Å². The SMILES string of the molecule is O=C(COc1ccccc1)Nc1cccc2nc(-c3c(NCC(O)c4ccccc4)cc[nH]c3=O)[nH]c12. The highest BCUT2D eigenvalue weighted by molar-refractivity contribution is 6.01. The summed E-state index contributed by atoms with van der Waals surface area (Å²) < 4.78 is 5.52. The summed E-state index contributed by atoms with van der Waals surface area (Å²) in [4.78, 5) is 35.8. The summed E-state index contributed by atoms with van der Waals surface area (Å²) in [6.07, 6.45) is 0.772. The number of hydrogen-bond acceptors (Lipinski definition) is 6. The topological polar surface area (TPSA) is 132 Å². The van der Waals surface area contributed by atoms with Crippen molar-refractivity contribution in [2.24, 2.45) is 0 Å². The molecule has 5 aromatic rings. The number of carbonyl (C=O) groups is 1. The van der Waals surface area contributed by atoms with Crippen LogP contribution < -0.4 is 20.9 Å². The normalized spacial score (nSPS) is 11.7. The lowest BCUT2D eigenvalue weighted by molar-refractivity contribution is -0.118. The molecule has 1 amide bonds. The van der Waals surface area contributed by atoms with E-state index in [0.29, 0.717) is 39.5 Å². The van der Waals surface area contributed by atoms with E-state index in [1.54, 1.807) is 36.4 Å². The standard InChI is InChI=1S/C28H25N5O4/c34-23(18-8-3-1-4-9-18)16-30-20-14-15-29-28(36)25(20)27-32-22-13-7-12-21(26(22)33-27)31-24(35)17-37-19-10-5-2-6-11-19/h1-15,23,34H,16-17H2,(H,31,35)(H,32,33)(H2,29,30,36). The number of H-pyrrole nitrogens is 2. The van der Waals surface area contributed by atoms with Crippen LogP contribution in [0.2, 0.25) is 0 Å². The number of anilines is 2. The van der Waals surface area contributed by atoms with E-state index in [9.17, 15) is 14.7 Å². The van der Waals surface area contributed by atoms with E-state index < -0.39 is 6.10 Å². The van der Waals surface area contributed by atoms with Crippen molar-refractivity contribution in [1.29, 1.82) is 0 Å². The van der Waals surface area contributed by atoms with E-state index in [0.717, 1.165) is 5.56 Å². The van der Waals surface area contributed by atoms with Gasteiger partial charge >= 0.3 is 0 Å². The number of nitrogens with one attached hydrogen (secondary N) is 4. The molecule has 0 bridgehead atoms. The van der Waals surface area contributed by atoms with Crippen LogP contribution in [0.3, 0.4) is 0 Å². The van der Waals surface area contributed by atoms with Crippen LogP contribution in [0, 0.1) is 0 Å². The van der Waals surface area contributed by atoms with Crippen LogP contribution in [0.4, 0.5) is 11.4 Å². The molecule has 2 aromatic heterocycles. The summed E-state index contributed by atoms with van der Waals surface area (Å²) in [7, 11) is 0. The fourth-order valence-corrected chi connectivity index (χ4v) is 3.97. The van der Waals surface area contributed by atoms with E-state index >= 15 is 0 Å². The Morgan fingerprint density at radius 3 is 2.49 bits per heavy atom.